The van der Waals surface area contributed by atoms with Crippen molar-refractivity contribution in [3.05, 3.63) is 54.0 Å². The summed E-state index contributed by atoms with van der Waals surface area (Å²) in [6.07, 6.45) is 1.59. The fraction of sp³-hybridized carbons (Fsp3) is 0.263. The van der Waals surface area contributed by atoms with Crippen molar-refractivity contribution in [3.8, 4) is 0 Å². The number of nitrogens with one attached hydrogen (secondary N) is 2. The number of aryl methyl sites for hydroxylation is 1. The van der Waals surface area contributed by atoms with Crippen molar-refractivity contribution in [2.45, 2.75) is 6.92 Å². The second-order valence-corrected chi connectivity index (χ2v) is 7.05. The van der Waals surface area contributed by atoms with E-state index in [4.69, 9.17) is 0 Å². The fourth-order valence-electron chi connectivity index (χ4n) is 2.16. The molecule has 0 aliphatic carbocycles. The topological polar surface area (TPSA) is 91.4 Å². The maximum atomic E-state index is 12.8. The molecule has 3 amide bonds. The van der Waals surface area contributed by atoms with Crippen LogP contribution in [0, 0.1) is 12.7 Å². The minimum atomic E-state index is -0.386. The average Bonchev–Trinajstić information content (AvgIpc) is 2.63. The van der Waals surface area contributed by atoms with Crippen LogP contribution in [0.2, 0.25) is 0 Å². The van der Waals surface area contributed by atoms with Crippen LogP contribution in [0.5, 0.6) is 0 Å². The Morgan fingerprint density at radius 3 is 2.46 bits per heavy atom. The zero-order chi connectivity index (χ0) is 20.5. The van der Waals surface area contributed by atoms with E-state index >= 15 is 0 Å². The number of amides is 3. The summed E-state index contributed by atoms with van der Waals surface area (Å²) in [7, 11) is 1.52. The van der Waals surface area contributed by atoms with Gasteiger partial charge in [0.05, 0.1) is 18.1 Å². The Bertz CT molecular complexity index is 845. The SMILES string of the molecule is Cc1ccnc(NC(=O)CN(C)C(=O)CSCC(=O)Nc2ccc(F)cc2)c1. The summed E-state index contributed by atoms with van der Waals surface area (Å²) in [6.45, 7) is 1.77. The van der Waals surface area contributed by atoms with E-state index in [0.717, 1.165) is 17.3 Å². The third-order valence-electron chi connectivity index (χ3n) is 3.58. The number of halogens is 1. The number of carbonyl (C=O) groups is 3. The van der Waals surface area contributed by atoms with Crippen LogP contribution in [0.3, 0.4) is 0 Å². The van der Waals surface area contributed by atoms with Crippen LogP contribution in [-0.2, 0) is 14.4 Å². The molecular weight excluding hydrogens is 383 g/mol. The first-order valence-corrected chi connectivity index (χ1v) is 9.58. The number of hydrogen-bond acceptors (Lipinski definition) is 5. The van der Waals surface area contributed by atoms with E-state index in [-0.39, 0.29) is 41.6 Å². The maximum Gasteiger partial charge on any atom is 0.245 e. The first-order chi connectivity index (χ1) is 13.3. The summed E-state index contributed by atoms with van der Waals surface area (Å²) < 4.78 is 12.8. The van der Waals surface area contributed by atoms with Gasteiger partial charge < -0.3 is 15.5 Å². The smallest absolute Gasteiger partial charge is 0.245 e. The molecule has 0 saturated heterocycles. The summed E-state index contributed by atoms with van der Waals surface area (Å²) in [5.41, 5.74) is 1.45. The van der Waals surface area contributed by atoms with Crippen molar-refractivity contribution in [1.29, 1.82) is 0 Å². The summed E-state index contributed by atoms with van der Waals surface area (Å²) in [5.74, 6) is -0.754. The van der Waals surface area contributed by atoms with Gasteiger partial charge in [-0.05, 0) is 48.9 Å². The van der Waals surface area contributed by atoms with Gasteiger partial charge in [-0.1, -0.05) is 0 Å². The lowest BCUT2D eigenvalue weighted by Gasteiger charge is -2.16. The van der Waals surface area contributed by atoms with E-state index in [1.54, 1.807) is 12.3 Å². The highest BCUT2D eigenvalue weighted by Crippen LogP contribution is 2.10. The van der Waals surface area contributed by atoms with Gasteiger partial charge in [-0.25, -0.2) is 9.37 Å². The second kappa shape index (κ2) is 10.4. The van der Waals surface area contributed by atoms with Crippen molar-refractivity contribution in [3.63, 3.8) is 0 Å². The highest BCUT2D eigenvalue weighted by atomic mass is 32.2. The highest BCUT2D eigenvalue weighted by Gasteiger charge is 2.14. The van der Waals surface area contributed by atoms with E-state index in [2.05, 4.69) is 15.6 Å². The van der Waals surface area contributed by atoms with Crippen LogP contribution < -0.4 is 10.6 Å². The first kappa shape index (κ1) is 21.4. The van der Waals surface area contributed by atoms with E-state index in [1.165, 1.54) is 36.2 Å². The number of hydrogen-bond donors (Lipinski definition) is 2. The van der Waals surface area contributed by atoms with E-state index < -0.39 is 0 Å². The molecule has 1 heterocycles. The van der Waals surface area contributed by atoms with Gasteiger partial charge in [0.25, 0.3) is 0 Å². The molecule has 0 bridgehead atoms. The number of thioether (sulfide) groups is 1. The molecule has 1 aromatic heterocycles. The lowest BCUT2D eigenvalue weighted by Crippen LogP contribution is -2.36. The van der Waals surface area contributed by atoms with Crippen molar-refractivity contribution >= 4 is 41.0 Å². The first-order valence-electron chi connectivity index (χ1n) is 8.43. The highest BCUT2D eigenvalue weighted by molar-refractivity contribution is 8.00. The number of pyridine rings is 1. The van der Waals surface area contributed by atoms with Crippen molar-refractivity contribution < 1.29 is 18.8 Å². The quantitative estimate of drug-likeness (QED) is 0.705. The third-order valence-corrected chi connectivity index (χ3v) is 4.49. The number of aromatic nitrogens is 1. The van der Waals surface area contributed by atoms with E-state index in [1.807, 2.05) is 13.0 Å². The summed E-state index contributed by atoms with van der Waals surface area (Å²) in [6, 6.07) is 8.96. The Balaban J connectivity index is 1.69. The zero-order valence-electron chi connectivity index (χ0n) is 15.6. The van der Waals surface area contributed by atoms with Gasteiger partial charge in [0, 0.05) is 18.9 Å². The number of nitrogens with zero attached hydrogens (tertiary/aromatic N) is 2. The predicted molar refractivity (Wildman–Crippen MR) is 108 cm³/mol. The number of likely N-dealkylation sites (N-methyl/N-ethyl adjacent to an activating group) is 1. The molecule has 2 aromatic rings. The molecule has 0 aliphatic rings. The molecule has 2 N–H and O–H groups in total. The minimum Gasteiger partial charge on any atom is -0.336 e. The summed E-state index contributed by atoms with van der Waals surface area (Å²) >= 11 is 1.13. The largest absolute Gasteiger partial charge is 0.336 e. The van der Waals surface area contributed by atoms with Crippen molar-refractivity contribution in [2.75, 3.05) is 35.7 Å². The molecular formula is C19H21FN4O3S. The number of anilines is 2. The Labute approximate surface area is 166 Å². The van der Waals surface area contributed by atoms with Gasteiger partial charge >= 0.3 is 0 Å². The van der Waals surface area contributed by atoms with Gasteiger partial charge in [0.15, 0.2) is 0 Å². The lowest BCUT2D eigenvalue weighted by molar-refractivity contribution is -0.131. The normalized spacial score (nSPS) is 10.2. The molecule has 0 aliphatic heterocycles. The monoisotopic (exact) mass is 404 g/mol. The fourth-order valence-corrected chi connectivity index (χ4v) is 2.92. The van der Waals surface area contributed by atoms with Crippen LogP contribution in [-0.4, -0.2) is 52.7 Å². The van der Waals surface area contributed by atoms with Crippen LogP contribution >= 0.6 is 11.8 Å². The third kappa shape index (κ3) is 7.36. The van der Waals surface area contributed by atoms with Gasteiger partial charge in [-0.3, -0.25) is 14.4 Å². The van der Waals surface area contributed by atoms with Crippen LogP contribution in [0.1, 0.15) is 5.56 Å². The Hall–Kier alpha value is -2.94. The van der Waals surface area contributed by atoms with Gasteiger partial charge in [0.2, 0.25) is 17.7 Å². The zero-order valence-corrected chi connectivity index (χ0v) is 16.4. The van der Waals surface area contributed by atoms with Crippen molar-refractivity contribution in [1.82, 2.24) is 9.88 Å². The van der Waals surface area contributed by atoms with Crippen LogP contribution in [0.4, 0.5) is 15.9 Å². The molecule has 28 heavy (non-hydrogen) atoms. The Kier molecular flexibility index (Phi) is 7.94. The Morgan fingerprint density at radius 2 is 1.79 bits per heavy atom. The average molecular weight is 404 g/mol. The van der Waals surface area contributed by atoms with Crippen LogP contribution in [0.25, 0.3) is 0 Å². The van der Waals surface area contributed by atoms with Gasteiger partial charge in [0.1, 0.15) is 11.6 Å². The number of carbonyl (C=O) groups excluding carboxylic acids is 3. The predicted octanol–water partition coefficient (Wildman–Crippen LogP) is 2.30. The molecule has 0 radical (unpaired) electrons. The molecule has 148 valence electrons. The molecule has 1 aromatic carbocycles. The number of rotatable bonds is 8. The summed E-state index contributed by atoms with van der Waals surface area (Å²) in [5, 5.41) is 5.25. The number of benzene rings is 1. The second-order valence-electron chi connectivity index (χ2n) is 6.06. The molecule has 0 spiro atoms. The molecule has 0 unspecified atom stereocenters. The van der Waals surface area contributed by atoms with Crippen molar-refractivity contribution in [2.24, 2.45) is 0 Å². The standard InChI is InChI=1S/C19H21FN4O3S/c1-13-7-8-21-16(9-13)23-17(25)10-24(2)19(27)12-28-11-18(26)22-15-5-3-14(20)4-6-15/h3-9H,10-12H2,1-2H3,(H,22,26)(H,21,23,25). The maximum absolute atomic E-state index is 12.8. The Morgan fingerprint density at radius 1 is 1.07 bits per heavy atom. The molecule has 9 heteroatoms. The molecule has 7 nitrogen and oxygen atoms in total. The molecule has 0 saturated carbocycles. The molecule has 0 fully saturated rings. The van der Waals surface area contributed by atoms with Gasteiger partial charge in [-0.2, -0.15) is 0 Å². The van der Waals surface area contributed by atoms with Gasteiger partial charge in [-0.15, -0.1) is 11.8 Å². The van der Waals surface area contributed by atoms with E-state index in [9.17, 15) is 18.8 Å². The summed E-state index contributed by atoms with van der Waals surface area (Å²) in [4.78, 5) is 41.3. The molecule has 2 rings (SSSR count). The molecule has 0 atom stereocenters. The minimum absolute atomic E-state index is 0.0588. The van der Waals surface area contributed by atoms with Crippen LogP contribution in [0.15, 0.2) is 42.6 Å². The van der Waals surface area contributed by atoms with E-state index in [0.29, 0.717) is 11.5 Å². The lowest BCUT2D eigenvalue weighted by atomic mass is 10.3.